The summed E-state index contributed by atoms with van der Waals surface area (Å²) in [5.41, 5.74) is 3.06. The van der Waals surface area contributed by atoms with E-state index in [9.17, 15) is 4.79 Å². The Morgan fingerprint density at radius 1 is 1.17 bits per heavy atom. The molecule has 4 rings (SSSR count). The number of likely N-dealkylation sites (N-methyl/N-ethyl adjacent to an activating group) is 1. The van der Waals surface area contributed by atoms with E-state index in [1.807, 2.05) is 61.2 Å². The van der Waals surface area contributed by atoms with E-state index in [0.29, 0.717) is 6.54 Å². The highest BCUT2D eigenvalue weighted by Crippen LogP contribution is 2.28. The Bertz CT molecular complexity index is 1110. The zero-order valence-electron chi connectivity index (χ0n) is 16.4. The van der Waals surface area contributed by atoms with Gasteiger partial charge in [0.1, 0.15) is 5.01 Å². The van der Waals surface area contributed by atoms with E-state index >= 15 is 0 Å². The number of para-hydroxylation sites is 1. The Morgan fingerprint density at radius 3 is 2.72 bits per heavy atom. The van der Waals surface area contributed by atoms with Crippen LogP contribution in [0, 0.1) is 0 Å². The second-order valence-electron chi connectivity index (χ2n) is 6.94. The largest absolute Gasteiger partial charge is 0.333 e. The molecular weight excluding hydrogens is 380 g/mol. The third-order valence-corrected chi connectivity index (χ3v) is 6.06. The van der Waals surface area contributed by atoms with Crippen LogP contribution < -0.4 is 0 Å². The molecule has 1 amide bonds. The Balaban J connectivity index is 1.41. The summed E-state index contributed by atoms with van der Waals surface area (Å²) in [5, 5.41) is 5.31. The SMILES string of the molecule is C[C@H](c1nc2ccccc2s1)N(C)C(=O)/C=C/c1cnn(Cc2ccccc2)c1. The van der Waals surface area contributed by atoms with Crippen molar-refractivity contribution < 1.29 is 4.79 Å². The summed E-state index contributed by atoms with van der Waals surface area (Å²) < 4.78 is 3.00. The molecule has 0 aliphatic carbocycles. The molecule has 0 saturated heterocycles. The minimum Gasteiger partial charge on any atom is -0.333 e. The highest BCUT2D eigenvalue weighted by molar-refractivity contribution is 7.18. The minimum atomic E-state index is -0.0923. The van der Waals surface area contributed by atoms with Gasteiger partial charge in [0.05, 0.1) is 29.0 Å². The molecule has 0 N–H and O–H groups in total. The quantitative estimate of drug-likeness (QED) is 0.436. The van der Waals surface area contributed by atoms with Crippen LogP contribution in [0.3, 0.4) is 0 Å². The number of thiazole rings is 1. The van der Waals surface area contributed by atoms with Gasteiger partial charge in [-0.3, -0.25) is 9.48 Å². The Labute approximate surface area is 173 Å². The van der Waals surface area contributed by atoms with Crippen molar-refractivity contribution in [1.82, 2.24) is 19.7 Å². The van der Waals surface area contributed by atoms with Crippen LogP contribution in [0.4, 0.5) is 0 Å². The maximum atomic E-state index is 12.6. The molecular formula is C23H22N4OS. The van der Waals surface area contributed by atoms with Gasteiger partial charge in [-0.05, 0) is 30.7 Å². The van der Waals surface area contributed by atoms with E-state index in [0.717, 1.165) is 20.8 Å². The zero-order valence-corrected chi connectivity index (χ0v) is 17.2. The summed E-state index contributed by atoms with van der Waals surface area (Å²) in [6, 6.07) is 18.1. The number of hydrogen-bond donors (Lipinski definition) is 0. The molecule has 146 valence electrons. The lowest BCUT2D eigenvalue weighted by molar-refractivity contribution is -0.126. The van der Waals surface area contributed by atoms with Gasteiger partial charge in [-0.15, -0.1) is 11.3 Å². The second kappa shape index (κ2) is 8.41. The summed E-state index contributed by atoms with van der Waals surface area (Å²) in [7, 11) is 1.81. The molecule has 0 spiro atoms. The number of carbonyl (C=O) groups excluding carboxylic acids is 1. The van der Waals surface area contributed by atoms with E-state index in [1.165, 1.54) is 5.56 Å². The van der Waals surface area contributed by atoms with E-state index in [-0.39, 0.29) is 11.9 Å². The number of hydrogen-bond acceptors (Lipinski definition) is 4. The first-order valence-electron chi connectivity index (χ1n) is 9.47. The normalized spacial score (nSPS) is 12.5. The molecule has 29 heavy (non-hydrogen) atoms. The fourth-order valence-electron chi connectivity index (χ4n) is 3.03. The van der Waals surface area contributed by atoms with Crippen LogP contribution in [-0.2, 0) is 11.3 Å². The van der Waals surface area contributed by atoms with Crippen molar-refractivity contribution in [3.63, 3.8) is 0 Å². The van der Waals surface area contributed by atoms with Crippen molar-refractivity contribution in [3.8, 4) is 0 Å². The third kappa shape index (κ3) is 4.43. The van der Waals surface area contributed by atoms with Crippen LogP contribution in [-0.4, -0.2) is 32.6 Å². The number of carbonyl (C=O) groups is 1. The van der Waals surface area contributed by atoms with Crippen LogP contribution in [0.25, 0.3) is 16.3 Å². The molecule has 0 aliphatic heterocycles. The smallest absolute Gasteiger partial charge is 0.246 e. The molecule has 1 atom stereocenters. The maximum Gasteiger partial charge on any atom is 0.246 e. The highest BCUT2D eigenvalue weighted by Gasteiger charge is 2.19. The van der Waals surface area contributed by atoms with Crippen LogP contribution in [0.15, 0.2) is 73.1 Å². The molecule has 0 radical (unpaired) electrons. The first-order chi connectivity index (χ1) is 14.1. The minimum absolute atomic E-state index is 0.0624. The number of fused-ring (bicyclic) bond motifs is 1. The van der Waals surface area contributed by atoms with Crippen molar-refractivity contribution >= 4 is 33.5 Å². The third-order valence-electron chi connectivity index (χ3n) is 4.86. The van der Waals surface area contributed by atoms with Crippen molar-refractivity contribution in [2.75, 3.05) is 7.05 Å². The molecule has 2 aromatic carbocycles. The predicted octanol–water partition coefficient (Wildman–Crippen LogP) is 4.77. The van der Waals surface area contributed by atoms with Gasteiger partial charge >= 0.3 is 0 Å². The van der Waals surface area contributed by atoms with Crippen molar-refractivity contribution in [2.45, 2.75) is 19.5 Å². The molecule has 5 nitrogen and oxygen atoms in total. The number of benzene rings is 2. The molecule has 0 unspecified atom stereocenters. The standard InChI is InChI=1S/C23H22N4OS/c1-17(23-25-20-10-6-7-11-21(20)29-23)26(2)22(28)13-12-19-14-24-27(16-19)15-18-8-4-3-5-9-18/h3-14,16-17H,15H2,1-2H3/b13-12+/t17-/m1/s1. The molecule has 0 bridgehead atoms. The lowest BCUT2D eigenvalue weighted by Crippen LogP contribution is -2.27. The number of amides is 1. The topological polar surface area (TPSA) is 51.0 Å². The second-order valence-corrected chi connectivity index (χ2v) is 8.00. The first-order valence-corrected chi connectivity index (χ1v) is 10.3. The number of nitrogens with zero attached hydrogens (tertiary/aromatic N) is 4. The number of aromatic nitrogens is 3. The molecule has 0 fully saturated rings. The van der Waals surface area contributed by atoms with Crippen molar-refractivity contribution in [2.24, 2.45) is 0 Å². The Morgan fingerprint density at radius 2 is 1.93 bits per heavy atom. The monoisotopic (exact) mass is 402 g/mol. The van der Waals surface area contributed by atoms with E-state index in [4.69, 9.17) is 0 Å². The molecule has 2 heterocycles. The predicted molar refractivity (Wildman–Crippen MR) is 118 cm³/mol. The highest BCUT2D eigenvalue weighted by atomic mass is 32.1. The maximum absolute atomic E-state index is 12.6. The first kappa shape index (κ1) is 19.1. The lowest BCUT2D eigenvalue weighted by atomic mass is 10.2. The fraction of sp³-hybridized carbons (Fsp3) is 0.174. The van der Waals surface area contributed by atoms with E-state index in [2.05, 4.69) is 28.3 Å². The summed E-state index contributed by atoms with van der Waals surface area (Å²) in [5.74, 6) is -0.0624. The van der Waals surface area contributed by atoms with Gasteiger partial charge in [-0.2, -0.15) is 5.10 Å². The van der Waals surface area contributed by atoms with Crippen LogP contribution in [0.2, 0.25) is 0 Å². The molecule has 2 aromatic heterocycles. The van der Waals surface area contributed by atoms with Gasteiger partial charge in [0.2, 0.25) is 5.91 Å². The van der Waals surface area contributed by atoms with E-state index < -0.39 is 0 Å². The Kier molecular flexibility index (Phi) is 5.53. The average Bonchev–Trinajstić information content (AvgIpc) is 3.38. The zero-order chi connectivity index (χ0) is 20.2. The van der Waals surface area contributed by atoms with E-state index in [1.54, 1.807) is 34.6 Å². The molecule has 0 saturated carbocycles. The molecule has 6 heteroatoms. The van der Waals surface area contributed by atoms with Gasteiger partial charge in [-0.25, -0.2) is 4.98 Å². The van der Waals surface area contributed by atoms with Crippen LogP contribution in [0.5, 0.6) is 0 Å². The van der Waals surface area contributed by atoms with Crippen LogP contribution >= 0.6 is 11.3 Å². The van der Waals surface area contributed by atoms with Gasteiger partial charge in [-0.1, -0.05) is 42.5 Å². The summed E-state index contributed by atoms with van der Waals surface area (Å²) in [6.45, 7) is 2.71. The summed E-state index contributed by atoms with van der Waals surface area (Å²) in [4.78, 5) is 19.0. The number of rotatable bonds is 6. The molecule has 4 aromatic rings. The van der Waals surface area contributed by atoms with Gasteiger partial charge in [0.25, 0.3) is 0 Å². The van der Waals surface area contributed by atoms with Gasteiger partial charge < -0.3 is 4.90 Å². The van der Waals surface area contributed by atoms with Crippen LogP contribution in [0.1, 0.15) is 29.1 Å². The molecule has 0 aliphatic rings. The summed E-state index contributed by atoms with van der Waals surface area (Å²) >= 11 is 1.63. The van der Waals surface area contributed by atoms with Crippen molar-refractivity contribution in [1.29, 1.82) is 0 Å². The Hall–Kier alpha value is -3.25. The average molecular weight is 403 g/mol. The fourth-order valence-corrected chi connectivity index (χ4v) is 4.10. The summed E-state index contributed by atoms with van der Waals surface area (Å²) in [6.07, 6.45) is 7.10. The lowest BCUT2D eigenvalue weighted by Gasteiger charge is -2.21. The van der Waals surface area contributed by atoms with Gasteiger partial charge in [0, 0.05) is 24.9 Å². The van der Waals surface area contributed by atoms with Crippen molar-refractivity contribution in [3.05, 3.63) is 89.2 Å². The van der Waals surface area contributed by atoms with Gasteiger partial charge in [0.15, 0.2) is 0 Å².